The molecule has 0 bridgehead atoms. The molecule has 0 atom stereocenters. The number of nitrogens with zero attached hydrogens (tertiary/aromatic N) is 2. The largest absolute Gasteiger partial charge is 0.504 e. The molecular weight excluding hydrogens is 280 g/mol. The van der Waals surface area contributed by atoms with Gasteiger partial charge in [0.1, 0.15) is 0 Å². The Balaban J connectivity index is 1.81. The molecule has 0 aliphatic heterocycles. The van der Waals surface area contributed by atoms with E-state index in [9.17, 15) is 5.11 Å². The number of methoxy groups -OCH3 is 1. The highest BCUT2D eigenvalue weighted by atomic mass is 16.5. The zero-order chi connectivity index (χ0) is 15.8. The predicted molar refractivity (Wildman–Crippen MR) is 85.9 cm³/mol. The van der Waals surface area contributed by atoms with Gasteiger partial charge >= 0.3 is 0 Å². The lowest BCUT2D eigenvalue weighted by Crippen LogP contribution is -2.33. The fourth-order valence-electron chi connectivity index (χ4n) is 1.93. The van der Waals surface area contributed by atoms with E-state index >= 15 is 0 Å². The van der Waals surface area contributed by atoms with Crippen molar-refractivity contribution in [1.29, 1.82) is 0 Å². The summed E-state index contributed by atoms with van der Waals surface area (Å²) in [7, 11) is 1.51. The van der Waals surface area contributed by atoms with Gasteiger partial charge < -0.3 is 20.9 Å². The van der Waals surface area contributed by atoms with Crippen molar-refractivity contribution in [2.24, 2.45) is 10.7 Å². The monoisotopic (exact) mass is 300 g/mol. The number of aromatic hydroxyl groups is 1. The first kappa shape index (κ1) is 15.6. The van der Waals surface area contributed by atoms with Crippen LogP contribution in [0, 0.1) is 0 Å². The summed E-state index contributed by atoms with van der Waals surface area (Å²) in [6, 6.07) is 11.0. The van der Waals surface area contributed by atoms with Crippen LogP contribution in [0.15, 0.2) is 47.6 Å². The van der Waals surface area contributed by atoms with Gasteiger partial charge in [0.25, 0.3) is 0 Å². The van der Waals surface area contributed by atoms with Crippen molar-refractivity contribution in [3.05, 3.63) is 53.9 Å². The van der Waals surface area contributed by atoms with E-state index in [0.29, 0.717) is 24.8 Å². The number of phenolic OH excluding ortho intramolecular Hbond substituents is 1. The molecule has 116 valence electrons. The Morgan fingerprint density at radius 2 is 2.23 bits per heavy atom. The molecule has 4 N–H and O–H groups in total. The SMILES string of the molecule is COc1ccc(CN=C(N)NCCc2ccccn2)cc1O. The number of guanidine groups is 1. The minimum atomic E-state index is 0.0943. The number of hydrogen-bond acceptors (Lipinski definition) is 4. The molecule has 0 radical (unpaired) electrons. The van der Waals surface area contributed by atoms with Gasteiger partial charge in [-0.05, 0) is 29.8 Å². The molecule has 0 saturated heterocycles. The second-order valence-electron chi connectivity index (χ2n) is 4.71. The van der Waals surface area contributed by atoms with E-state index in [4.69, 9.17) is 10.5 Å². The standard InChI is InChI=1S/C16H20N4O2/c1-22-15-6-5-12(10-14(15)21)11-20-16(17)19-9-7-13-4-2-3-8-18-13/h2-6,8,10,21H,7,9,11H2,1H3,(H3,17,19,20). The number of aliphatic imine (C=N–C) groups is 1. The second kappa shape index (κ2) is 7.87. The maximum absolute atomic E-state index is 9.70. The zero-order valence-corrected chi connectivity index (χ0v) is 12.5. The van der Waals surface area contributed by atoms with Gasteiger partial charge in [-0.2, -0.15) is 0 Å². The highest BCUT2D eigenvalue weighted by molar-refractivity contribution is 5.77. The summed E-state index contributed by atoms with van der Waals surface area (Å²) in [5, 5.41) is 12.7. The van der Waals surface area contributed by atoms with Crippen molar-refractivity contribution in [3.63, 3.8) is 0 Å². The van der Waals surface area contributed by atoms with Gasteiger partial charge in [-0.15, -0.1) is 0 Å². The van der Waals surface area contributed by atoms with E-state index < -0.39 is 0 Å². The Kier molecular flexibility index (Phi) is 5.59. The van der Waals surface area contributed by atoms with E-state index in [-0.39, 0.29) is 5.75 Å². The van der Waals surface area contributed by atoms with Crippen molar-refractivity contribution < 1.29 is 9.84 Å². The molecule has 0 amide bonds. The van der Waals surface area contributed by atoms with Gasteiger partial charge in [-0.3, -0.25) is 4.98 Å². The molecule has 0 fully saturated rings. The third-order valence-corrected chi connectivity index (χ3v) is 3.09. The molecule has 2 aromatic rings. The van der Waals surface area contributed by atoms with Gasteiger partial charge in [-0.25, -0.2) is 4.99 Å². The molecule has 22 heavy (non-hydrogen) atoms. The number of aromatic nitrogens is 1. The molecule has 6 heteroatoms. The number of hydrogen-bond donors (Lipinski definition) is 3. The fraction of sp³-hybridized carbons (Fsp3) is 0.250. The molecule has 1 heterocycles. The average molecular weight is 300 g/mol. The van der Waals surface area contributed by atoms with Crippen LogP contribution in [0.25, 0.3) is 0 Å². The minimum Gasteiger partial charge on any atom is -0.504 e. The fourth-order valence-corrected chi connectivity index (χ4v) is 1.93. The van der Waals surface area contributed by atoms with Crippen LogP contribution >= 0.6 is 0 Å². The third kappa shape index (κ3) is 4.66. The van der Waals surface area contributed by atoms with E-state index in [0.717, 1.165) is 17.7 Å². The Morgan fingerprint density at radius 1 is 1.36 bits per heavy atom. The van der Waals surface area contributed by atoms with Crippen molar-refractivity contribution in [1.82, 2.24) is 10.3 Å². The number of nitrogens with two attached hydrogens (primary N) is 1. The van der Waals surface area contributed by atoms with E-state index in [1.54, 1.807) is 18.3 Å². The summed E-state index contributed by atoms with van der Waals surface area (Å²) < 4.78 is 4.99. The molecule has 0 aliphatic carbocycles. The number of phenols is 1. The summed E-state index contributed by atoms with van der Waals surface area (Å²) in [6.07, 6.45) is 2.54. The summed E-state index contributed by atoms with van der Waals surface area (Å²) in [4.78, 5) is 8.47. The lowest BCUT2D eigenvalue weighted by atomic mass is 10.2. The van der Waals surface area contributed by atoms with Gasteiger partial charge in [0.2, 0.25) is 0 Å². The van der Waals surface area contributed by atoms with Crippen molar-refractivity contribution in [3.8, 4) is 11.5 Å². The first-order valence-electron chi connectivity index (χ1n) is 6.98. The number of rotatable bonds is 6. The van der Waals surface area contributed by atoms with Gasteiger partial charge in [0.15, 0.2) is 17.5 Å². The van der Waals surface area contributed by atoms with Gasteiger partial charge in [-0.1, -0.05) is 12.1 Å². The van der Waals surface area contributed by atoms with Crippen LogP contribution in [0.3, 0.4) is 0 Å². The van der Waals surface area contributed by atoms with Crippen LogP contribution < -0.4 is 15.8 Å². The van der Waals surface area contributed by atoms with Crippen LogP contribution in [0.1, 0.15) is 11.3 Å². The molecule has 0 spiro atoms. The highest BCUT2D eigenvalue weighted by Crippen LogP contribution is 2.26. The van der Waals surface area contributed by atoms with Gasteiger partial charge in [0.05, 0.1) is 13.7 Å². The molecule has 0 saturated carbocycles. The smallest absolute Gasteiger partial charge is 0.188 e. The molecular formula is C16H20N4O2. The summed E-state index contributed by atoms with van der Waals surface area (Å²) in [6.45, 7) is 1.06. The highest BCUT2D eigenvalue weighted by Gasteiger charge is 2.02. The summed E-state index contributed by atoms with van der Waals surface area (Å²) in [5.74, 6) is 0.900. The molecule has 1 aromatic carbocycles. The quantitative estimate of drug-likeness (QED) is 0.554. The van der Waals surface area contributed by atoms with E-state index in [1.165, 1.54) is 7.11 Å². The molecule has 1 aromatic heterocycles. The predicted octanol–water partition coefficient (Wildman–Crippen LogP) is 1.44. The van der Waals surface area contributed by atoms with Crippen LogP contribution in [0.4, 0.5) is 0 Å². The third-order valence-electron chi connectivity index (χ3n) is 3.09. The molecule has 0 aliphatic rings. The average Bonchev–Trinajstić information content (AvgIpc) is 2.54. The molecule has 0 unspecified atom stereocenters. The Hall–Kier alpha value is -2.76. The number of nitrogens with one attached hydrogen (secondary N) is 1. The molecule has 2 rings (SSSR count). The maximum Gasteiger partial charge on any atom is 0.188 e. The Morgan fingerprint density at radius 3 is 2.91 bits per heavy atom. The minimum absolute atomic E-state index is 0.0943. The lowest BCUT2D eigenvalue weighted by molar-refractivity contribution is 0.373. The van der Waals surface area contributed by atoms with E-state index in [1.807, 2.05) is 24.3 Å². The summed E-state index contributed by atoms with van der Waals surface area (Å²) >= 11 is 0. The first-order valence-corrected chi connectivity index (χ1v) is 6.98. The zero-order valence-electron chi connectivity index (χ0n) is 12.5. The number of pyridine rings is 1. The maximum atomic E-state index is 9.70. The number of ether oxygens (including phenoxy) is 1. The van der Waals surface area contributed by atoms with Crippen LogP contribution in [-0.4, -0.2) is 29.7 Å². The lowest BCUT2D eigenvalue weighted by Gasteiger charge is -2.07. The van der Waals surface area contributed by atoms with Crippen LogP contribution in [-0.2, 0) is 13.0 Å². The number of benzene rings is 1. The second-order valence-corrected chi connectivity index (χ2v) is 4.71. The Labute approximate surface area is 129 Å². The Bertz CT molecular complexity index is 629. The molecule has 6 nitrogen and oxygen atoms in total. The van der Waals surface area contributed by atoms with Crippen LogP contribution in [0.5, 0.6) is 11.5 Å². The first-order chi connectivity index (χ1) is 10.7. The van der Waals surface area contributed by atoms with Crippen molar-refractivity contribution >= 4 is 5.96 Å². The normalized spacial score (nSPS) is 11.2. The topological polar surface area (TPSA) is 92.8 Å². The van der Waals surface area contributed by atoms with Crippen molar-refractivity contribution in [2.45, 2.75) is 13.0 Å². The van der Waals surface area contributed by atoms with E-state index in [2.05, 4.69) is 15.3 Å². The summed E-state index contributed by atoms with van der Waals surface area (Å²) in [5.41, 5.74) is 7.67. The van der Waals surface area contributed by atoms with Gasteiger partial charge in [0, 0.05) is 24.9 Å². The van der Waals surface area contributed by atoms with Crippen LogP contribution in [0.2, 0.25) is 0 Å². The van der Waals surface area contributed by atoms with Crippen molar-refractivity contribution in [2.75, 3.05) is 13.7 Å².